The predicted molar refractivity (Wildman–Crippen MR) is 114 cm³/mol. The molecule has 1 aromatic heterocycles. The largest absolute Gasteiger partial charge is 0.350 e. The minimum atomic E-state index is -0.171. The number of amides is 2. The molecule has 1 saturated heterocycles. The Morgan fingerprint density at radius 2 is 1.79 bits per heavy atom. The normalized spacial score (nSPS) is 15.9. The summed E-state index contributed by atoms with van der Waals surface area (Å²) in [5, 5.41) is 2.87. The zero-order chi connectivity index (χ0) is 20.9. The zero-order valence-corrected chi connectivity index (χ0v) is 17.5. The van der Waals surface area contributed by atoms with Gasteiger partial charge in [-0.05, 0) is 49.1 Å². The van der Waals surface area contributed by atoms with Gasteiger partial charge < -0.3 is 10.2 Å². The molecule has 2 aliphatic rings. The average Bonchev–Trinajstić information content (AvgIpc) is 3.66. The first-order valence-electron chi connectivity index (χ1n) is 10.5. The zero-order valence-electron chi connectivity index (χ0n) is 17.5. The highest BCUT2D eigenvalue weighted by Gasteiger charge is 2.22. The summed E-state index contributed by atoms with van der Waals surface area (Å²) in [4.78, 5) is 31.7. The molecule has 6 nitrogen and oxygen atoms in total. The smallest absolute Gasteiger partial charge is 0.270 e. The van der Waals surface area contributed by atoms with Crippen LogP contribution >= 0.6 is 0 Å². The quantitative estimate of drug-likeness (QED) is 0.783. The summed E-state index contributed by atoms with van der Waals surface area (Å²) in [6, 6.07) is 12.3. The number of likely N-dealkylation sites (tertiary alicyclic amines) is 1. The maximum absolute atomic E-state index is 11.7. The predicted octanol–water partition coefficient (Wildman–Crippen LogP) is 3.67. The average molecular weight is 397 g/mol. The summed E-state index contributed by atoms with van der Waals surface area (Å²) in [6.45, 7) is 6.19. The highest BCUT2D eigenvalue weighted by atomic mass is 16.2. The lowest BCUT2D eigenvalue weighted by Crippen LogP contribution is -2.38. The van der Waals surface area contributed by atoms with Gasteiger partial charge in [-0.15, -0.1) is 0 Å². The van der Waals surface area contributed by atoms with Crippen molar-refractivity contribution in [3.8, 4) is 0 Å². The Morgan fingerprint density at radius 1 is 1.10 bits per heavy atom. The molecule has 0 atom stereocenters. The molecule has 2 aromatic rings. The molecule has 2 amide bonds. The number of nitrogens with zero attached hydrogens (tertiary/aromatic N) is 3. The second-order valence-corrected chi connectivity index (χ2v) is 7.07. The van der Waals surface area contributed by atoms with E-state index in [9.17, 15) is 9.59 Å². The number of carbonyl (C=O) groups is 2. The van der Waals surface area contributed by atoms with Crippen molar-refractivity contribution in [3.63, 3.8) is 0 Å². The van der Waals surface area contributed by atoms with Crippen LogP contribution in [0.1, 0.15) is 61.5 Å². The molecule has 1 N–H and O–H groups in total. The number of aromatic nitrogens is 2. The van der Waals surface area contributed by atoms with Crippen LogP contribution in [0.4, 0.5) is 0 Å². The summed E-state index contributed by atoms with van der Waals surface area (Å²) in [7, 11) is 0. The molecule has 2 heterocycles. The standard InChI is InChI=1S/C12H16N4O2.C9H10.C2H6/c17-9-16-5-2-10(3-6-16)7-14-12(18)11-1-4-13-8-15-11;1-2-4-8(5-3-1)9-6-7-9;1-2/h1,4,8-10H,2-3,5-7H2,(H,14,18);1-5,9H,6-7H2;1-2H3. The minimum absolute atomic E-state index is 0.171. The fourth-order valence-corrected chi connectivity index (χ4v) is 3.16. The summed E-state index contributed by atoms with van der Waals surface area (Å²) in [5.74, 6) is 1.17. The van der Waals surface area contributed by atoms with E-state index in [-0.39, 0.29) is 5.91 Å². The van der Waals surface area contributed by atoms with Crippen molar-refractivity contribution in [2.75, 3.05) is 19.6 Å². The lowest BCUT2D eigenvalue weighted by atomic mass is 9.97. The van der Waals surface area contributed by atoms with E-state index in [1.807, 2.05) is 13.8 Å². The van der Waals surface area contributed by atoms with Crippen molar-refractivity contribution in [2.24, 2.45) is 5.92 Å². The fraction of sp³-hybridized carbons (Fsp3) is 0.478. The Hall–Kier alpha value is -2.76. The molecule has 0 spiro atoms. The van der Waals surface area contributed by atoms with E-state index in [0.29, 0.717) is 18.2 Å². The van der Waals surface area contributed by atoms with Crippen LogP contribution in [0, 0.1) is 5.92 Å². The van der Waals surface area contributed by atoms with Crippen molar-refractivity contribution in [3.05, 3.63) is 60.2 Å². The molecule has 156 valence electrons. The van der Waals surface area contributed by atoms with Crippen molar-refractivity contribution >= 4 is 12.3 Å². The van der Waals surface area contributed by atoms with Gasteiger partial charge in [0.05, 0.1) is 0 Å². The Kier molecular flexibility index (Phi) is 9.83. The first-order chi connectivity index (χ1) is 14.3. The number of nitrogens with one attached hydrogen (secondary N) is 1. The molecule has 2 fully saturated rings. The molecule has 0 bridgehead atoms. The number of benzene rings is 1. The van der Waals surface area contributed by atoms with Gasteiger partial charge in [-0.25, -0.2) is 9.97 Å². The lowest BCUT2D eigenvalue weighted by Gasteiger charge is -2.29. The van der Waals surface area contributed by atoms with Gasteiger partial charge in [0, 0.05) is 25.8 Å². The van der Waals surface area contributed by atoms with Crippen LogP contribution < -0.4 is 5.32 Å². The number of carbonyl (C=O) groups excluding carboxylic acids is 2. The van der Waals surface area contributed by atoms with Crippen LogP contribution in [0.15, 0.2) is 48.9 Å². The monoisotopic (exact) mass is 396 g/mol. The van der Waals surface area contributed by atoms with E-state index in [1.165, 1.54) is 24.7 Å². The maximum atomic E-state index is 11.7. The van der Waals surface area contributed by atoms with Crippen LogP contribution in [0.5, 0.6) is 0 Å². The molecule has 1 aliphatic carbocycles. The van der Waals surface area contributed by atoms with Gasteiger partial charge in [0.2, 0.25) is 6.41 Å². The topological polar surface area (TPSA) is 75.2 Å². The van der Waals surface area contributed by atoms with Gasteiger partial charge in [0.15, 0.2) is 0 Å². The van der Waals surface area contributed by atoms with Gasteiger partial charge in [0.1, 0.15) is 12.0 Å². The SMILES string of the molecule is CC.O=CN1CCC(CNC(=O)c2ccncn2)CC1.c1ccc(C2CC2)cc1. The third-order valence-electron chi connectivity index (χ3n) is 5.01. The number of hydrogen-bond donors (Lipinski definition) is 1. The van der Waals surface area contributed by atoms with Gasteiger partial charge in [-0.1, -0.05) is 44.2 Å². The van der Waals surface area contributed by atoms with Gasteiger partial charge in [-0.2, -0.15) is 0 Å². The summed E-state index contributed by atoms with van der Waals surface area (Å²) in [6.07, 6.45) is 8.47. The lowest BCUT2D eigenvalue weighted by molar-refractivity contribution is -0.119. The molecule has 4 rings (SSSR count). The number of rotatable bonds is 5. The van der Waals surface area contributed by atoms with Crippen LogP contribution in [0.25, 0.3) is 0 Å². The maximum Gasteiger partial charge on any atom is 0.270 e. The third kappa shape index (κ3) is 8.02. The van der Waals surface area contributed by atoms with Crippen LogP contribution in [0.2, 0.25) is 0 Å². The van der Waals surface area contributed by atoms with E-state index in [4.69, 9.17) is 0 Å². The van der Waals surface area contributed by atoms with Crippen molar-refractivity contribution in [2.45, 2.75) is 45.4 Å². The fourth-order valence-electron chi connectivity index (χ4n) is 3.16. The third-order valence-corrected chi connectivity index (χ3v) is 5.01. The second kappa shape index (κ2) is 12.6. The molecule has 1 saturated carbocycles. The molecule has 6 heteroatoms. The van der Waals surface area contributed by atoms with E-state index >= 15 is 0 Å². The van der Waals surface area contributed by atoms with E-state index in [0.717, 1.165) is 38.3 Å². The molecule has 1 aromatic carbocycles. The summed E-state index contributed by atoms with van der Waals surface area (Å²) >= 11 is 0. The Bertz CT molecular complexity index is 712. The Morgan fingerprint density at radius 3 is 2.34 bits per heavy atom. The van der Waals surface area contributed by atoms with Gasteiger partial charge in [0.25, 0.3) is 5.91 Å². The number of piperidine rings is 1. The van der Waals surface area contributed by atoms with Crippen molar-refractivity contribution < 1.29 is 9.59 Å². The van der Waals surface area contributed by atoms with Crippen molar-refractivity contribution in [1.29, 1.82) is 0 Å². The Labute approximate surface area is 173 Å². The molecular formula is C23H32N4O2. The van der Waals surface area contributed by atoms with Gasteiger partial charge >= 0.3 is 0 Å². The first kappa shape index (κ1) is 22.5. The summed E-state index contributed by atoms with van der Waals surface area (Å²) < 4.78 is 0. The molecule has 0 unspecified atom stereocenters. The van der Waals surface area contributed by atoms with Crippen LogP contribution in [-0.2, 0) is 4.79 Å². The highest BCUT2D eigenvalue weighted by molar-refractivity contribution is 5.92. The first-order valence-corrected chi connectivity index (χ1v) is 10.5. The van der Waals surface area contributed by atoms with Crippen LogP contribution in [-0.4, -0.2) is 46.8 Å². The Balaban J connectivity index is 0.000000226. The van der Waals surface area contributed by atoms with E-state index < -0.39 is 0 Å². The van der Waals surface area contributed by atoms with Crippen molar-refractivity contribution in [1.82, 2.24) is 20.2 Å². The molecule has 1 aliphatic heterocycles. The highest BCUT2D eigenvalue weighted by Crippen LogP contribution is 2.39. The molecule has 29 heavy (non-hydrogen) atoms. The molecule has 0 radical (unpaired) electrons. The molecular weight excluding hydrogens is 364 g/mol. The number of hydrogen-bond acceptors (Lipinski definition) is 4. The van der Waals surface area contributed by atoms with E-state index in [1.54, 1.807) is 17.2 Å². The van der Waals surface area contributed by atoms with Gasteiger partial charge in [-0.3, -0.25) is 9.59 Å². The second-order valence-electron chi connectivity index (χ2n) is 7.07. The van der Waals surface area contributed by atoms with Crippen LogP contribution in [0.3, 0.4) is 0 Å². The summed E-state index contributed by atoms with van der Waals surface area (Å²) in [5.41, 5.74) is 1.91. The van der Waals surface area contributed by atoms with E-state index in [2.05, 4.69) is 45.6 Å². The minimum Gasteiger partial charge on any atom is -0.350 e.